The van der Waals surface area contributed by atoms with Crippen LogP contribution in [-0.4, -0.2) is 44.5 Å². The van der Waals surface area contributed by atoms with Gasteiger partial charge >= 0.3 is 0 Å². The summed E-state index contributed by atoms with van der Waals surface area (Å²) in [5, 5.41) is 10.6. The number of aromatic nitrogens is 3. The van der Waals surface area contributed by atoms with Crippen molar-refractivity contribution in [3.05, 3.63) is 71.9 Å². The largest absolute Gasteiger partial charge is 0.340 e. The standard InChI is InChI=1S/C26H29N5O2S2/c1-26(2,3)19-12-10-18(11-13-19)22(32)27-20(14-15-34-4)23(33)29-24-30-31-16-21(28-25(31)35-24)17-8-6-5-7-9-17/h5-13,16,20H,14-15H2,1-4H3,(H,27,32)(H,29,30,33). The van der Waals surface area contributed by atoms with Crippen molar-refractivity contribution < 1.29 is 9.59 Å². The molecule has 0 saturated carbocycles. The number of anilines is 1. The van der Waals surface area contributed by atoms with Crippen LogP contribution in [0.25, 0.3) is 16.2 Å². The monoisotopic (exact) mass is 507 g/mol. The maximum atomic E-state index is 13.1. The van der Waals surface area contributed by atoms with E-state index in [9.17, 15) is 9.59 Å². The molecule has 0 aliphatic heterocycles. The van der Waals surface area contributed by atoms with Gasteiger partial charge < -0.3 is 5.32 Å². The highest BCUT2D eigenvalue weighted by atomic mass is 32.2. The third-order valence-electron chi connectivity index (χ3n) is 5.59. The number of rotatable bonds is 8. The fraction of sp³-hybridized carbons (Fsp3) is 0.308. The maximum Gasteiger partial charge on any atom is 0.251 e. The molecule has 7 nitrogen and oxygen atoms in total. The molecule has 4 rings (SSSR count). The SMILES string of the molecule is CSCCC(NC(=O)c1ccc(C(C)(C)C)cc1)C(=O)Nc1nn2cc(-c3ccccc3)nc2s1. The number of nitrogens with one attached hydrogen (secondary N) is 2. The molecule has 0 spiro atoms. The number of imidazole rings is 1. The fourth-order valence-corrected chi connectivity index (χ4v) is 4.81. The molecule has 182 valence electrons. The second-order valence-corrected chi connectivity index (χ2v) is 11.2. The van der Waals surface area contributed by atoms with Gasteiger partial charge in [0.05, 0.1) is 11.9 Å². The Hall–Kier alpha value is -3.17. The van der Waals surface area contributed by atoms with Crippen LogP contribution in [0.4, 0.5) is 5.13 Å². The number of thioether (sulfide) groups is 1. The fourth-order valence-electron chi connectivity index (χ4n) is 3.56. The Morgan fingerprint density at radius 3 is 2.43 bits per heavy atom. The van der Waals surface area contributed by atoms with Gasteiger partial charge in [0.15, 0.2) is 0 Å². The molecule has 2 N–H and O–H groups in total. The molecule has 2 heterocycles. The van der Waals surface area contributed by atoms with E-state index in [1.54, 1.807) is 28.4 Å². The molecule has 1 atom stereocenters. The van der Waals surface area contributed by atoms with Crippen molar-refractivity contribution in [3.63, 3.8) is 0 Å². The summed E-state index contributed by atoms with van der Waals surface area (Å²) in [6.45, 7) is 6.38. The van der Waals surface area contributed by atoms with E-state index in [2.05, 4.69) is 41.5 Å². The maximum absolute atomic E-state index is 13.1. The quantitative estimate of drug-likeness (QED) is 0.340. The van der Waals surface area contributed by atoms with Gasteiger partial charge in [-0.25, -0.2) is 9.50 Å². The number of amides is 2. The molecule has 9 heteroatoms. The van der Waals surface area contributed by atoms with Crippen molar-refractivity contribution >= 4 is 45.0 Å². The third-order valence-corrected chi connectivity index (χ3v) is 7.07. The lowest BCUT2D eigenvalue weighted by Crippen LogP contribution is -2.44. The van der Waals surface area contributed by atoms with Crippen molar-refractivity contribution in [2.75, 3.05) is 17.3 Å². The van der Waals surface area contributed by atoms with Gasteiger partial charge in [-0.2, -0.15) is 11.8 Å². The van der Waals surface area contributed by atoms with Crippen LogP contribution in [0.3, 0.4) is 0 Å². The van der Waals surface area contributed by atoms with Crippen LogP contribution < -0.4 is 10.6 Å². The Kier molecular flexibility index (Phi) is 7.57. The van der Waals surface area contributed by atoms with Crippen LogP contribution in [0, 0.1) is 0 Å². The highest BCUT2D eigenvalue weighted by molar-refractivity contribution is 7.98. The second kappa shape index (κ2) is 10.6. The number of fused-ring (bicyclic) bond motifs is 1. The van der Waals surface area contributed by atoms with E-state index >= 15 is 0 Å². The normalized spacial score (nSPS) is 12.5. The van der Waals surface area contributed by atoms with E-state index < -0.39 is 6.04 Å². The molecule has 0 saturated heterocycles. The van der Waals surface area contributed by atoms with E-state index in [1.807, 2.05) is 54.9 Å². The summed E-state index contributed by atoms with van der Waals surface area (Å²) in [6.07, 6.45) is 4.33. The van der Waals surface area contributed by atoms with E-state index in [0.717, 1.165) is 22.6 Å². The zero-order valence-electron chi connectivity index (χ0n) is 20.2. The molecule has 0 bridgehead atoms. The van der Waals surface area contributed by atoms with Crippen LogP contribution in [-0.2, 0) is 10.2 Å². The van der Waals surface area contributed by atoms with E-state index in [4.69, 9.17) is 0 Å². The predicted octanol–water partition coefficient (Wildman–Crippen LogP) is 5.25. The average Bonchev–Trinajstić information content (AvgIpc) is 3.40. The zero-order valence-corrected chi connectivity index (χ0v) is 21.9. The molecular formula is C26H29N5O2S2. The van der Waals surface area contributed by atoms with Gasteiger partial charge in [0.1, 0.15) is 6.04 Å². The van der Waals surface area contributed by atoms with E-state index in [1.165, 1.54) is 11.3 Å². The molecule has 2 aromatic carbocycles. The van der Waals surface area contributed by atoms with Crippen molar-refractivity contribution in [2.24, 2.45) is 0 Å². The van der Waals surface area contributed by atoms with E-state index in [0.29, 0.717) is 22.1 Å². The first-order chi connectivity index (χ1) is 16.7. The van der Waals surface area contributed by atoms with Gasteiger partial charge in [-0.15, -0.1) is 5.10 Å². The molecule has 1 unspecified atom stereocenters. The lowest BCUT2D eigenvalue weighted by Gasteiger charge is -2.20. The number of hydrogen-bond donors (Lipinski definition) is 2. The summed E-state index contributed by atoms with van der Waals surface area (Å²) in [4.78, 5) is 31.2. The minimum Gasteiger partial charge on any atom is -0.340 e. The van der Waals surface area contributed by atoms with Gasteiger partial charge in [0.2, 0.25) is 16.0 Å². The first kappa shape index (κ1) is 24.9. The van der Waals surface area contributed by atoms with E-state index in [-0.39, 0.29) is 17.2 Å². The Morgan fingerprint density at radius 2 is 1.80 bits per heavy atom. The summed E-state index contributed by atoms with van der Waals surface area (Å²) < 4.78 is 1.66. The van der Waals surface area contributed by atoms with Crippen molar-refractivity contribution in [2.45, 2.75) is 38.6 Å². The first-order valence-electron chi connectivity index (χ1n) is 11.4. The molecule has 0 aliphatic rings. The number of carbonyl (C=O) groups is 2. The van der Waals surface area contributed by atoms with Crippen LogP contribution in [0.15, 0.2) is 60.8 Å². The smallest absolute Gasteiger partial charge is 0.251 e. The van der Waals surface area contributed by atoms with Crippen LogP contribution in [0.1, 0.15) is 43.1 Å². The summed E-state index contributed by atoms with van der Waals surface area (Å²) in [5.74, 6) is 0.176. The van der Waals surface area contributed by atoms with Gasteiger partial charge in [-0.05, 0) is 41.5 Å². The molecule has 2 aromatic heterocycles. The Labute approximate surface area is 213 Å². The Bertz CT molecular complexity index is 1280. The molecular weight excluding hydrogens is 478 g/mol. The van der Waals surface area contributed by atoms with Crippen LogP contribution in [0.5, 0.6) is 0 Å². The molecule has 35 heavy (non-hydrogen) atoms. The summed E-state index contributed by atoms with van der Waals surface area (Å²) in [5.41, 5.74) is 3.51. The minimum atomic E-state index is -0.673. The topological polar surface area (TPSA) is 88.4 Å². The minimum absolute atomic E-state index is 0.00507. The summed E-state index contributed by atoms with van der Waals surface area (Å²) >= 11 is 2.92. The van der Waals surface area contributed by atoms with Gasteiger partial charge in [-0.3, -0.25) is 14.9 Å². The van der Waals surface area contributed by atoms with Gasteiger partial charge in [0.25, 0.3) is 5.91 Å². The molecule has 0 radical (unpaired) electrons. The predicted molar refractivity (Wildman–Crippen MR) is 144 cm³/mol. The number of carbonyl (C=O) groups excluding carboxylic acids is 2. The molecule has 0 aliphatic carbocycles. The summed E-state index contributed by atoms with van der Waals surface area (Å²) in [7, 11) is 0. The Morgan fingerprint density at radius 1 is 1.09 bits per heavy atom. The van der Waals surface area contributed by atoms with Crippen LogP contribution >= 0.6 is 23.1 Å². The Balaban J connectivity index is 1.45. The van der Waals surface area contributed by atoms with Gasteiger partial charge in [-0.1, -0.05) is 74.6 Å². The van der Waals surface area contributed by atoms with Gasteiger partial charge in [0, 0.05) is 11.1 Å². The highest BCUT2D eigenvalue weighted by Crippen LogP contribution is 2.25. The number of hydrogen-bond acceptors (Lipinski definition) is 6. The summed E-state index contributed by atoms with van der Waals surface area (Å²) in [6, 6.07) is 16.7. The highest BCUT2D eigenvalue weighted by Gasteiger charge is 2.23. The average molecular weight is 508 g/mol. The molecule has 2 amide bonds. The zero-order chi connectivity index (χ0) is 25.0. The lowest BCUT2D eigenvalue weighted by molar-refractivity contribution is -0.118. The van der Waals surface area contributed by atoms with Crippen molar-refractivity contribution in [1.29, 1.82) is 0 Å². The lowest BCUT2D eigenvalue weighted by atomic mass is 9.86. The molecule has 4 aromatic rings. The second-order valence-electron chi connectivity index (χ2n) is 9.25. The van der Waals surface area contributed by atoms with Crippen molar-refractivity contribution in [3.8, 4) is 11.3 Å². The number of nitrogens with zero attached hydrogens (tertiary/aromatic N) is 3. The molecule has 0 fully saturated rings. The van der Waals surface area contributed by atoms with Crippen LogP contribution in [0.2, 0.25) is 0 Å². The number of benzene rings is 2. The van der Waals surface area contributed by atoms with Crippen molar-refractivity contribution in [1.82, 2.24) is 19.9 Å². The first-order valence-corrected chi connectivity index (χ1v) is 13.6. The third kappa shape index (κ3) is 6.10.